The predicted molar refractivity (Wildman–Crippen MR) is 95.5 cm³/mol. The fourth-order valence-electron chi connectivity index (χ4n) is 3.09. The molecule has 0 unspecified atom stereocenters. The Morgan fingerprint density at radius 2 is 2.08 bits per heavy atom. The van der Waals surface area contributed by atoms with Gasteiger partial charge in [-0.05, 0) is 25.5 Å². The molecule has 1 fully saturated rings. The summed E-state index contributed by atoms with van der Waals surface area (Å²) in [5.74, 6) is -1.29. The molecule has 26 heavy (non-hydrogen) atoms. The minimum Gasteiger partial charge on any atom is -0.479 e. The molecule has 0 saturated carbocycles. The normalized spacial score (nSPS) is 17.3. The number of rotatable bonds is 4. The van der Waals surface area contributed by atoms with Crippen LogP contribution in [0.5, 0.6) is 0 Å². The maximum Gasteiger partial charge on any atom is 0.334 e. The molecule has 1 aromatic carbocycles. The lowest BCUT2D eigenvalue weighted by Crippen LogP contribution is -2.48. The quantitative estimate of drug-likeness (QED) is 0.882. The van der Waals surface area contributed by atoms with Crippen molar-refractivity contribution in [3.63, 3.8) is 0 Å². The zero-order valence-electron chi connectivity index (χ0n) is 14.6. The topological polar surface area (TPSA) is 84.7 Å². The summed E-state index contributed by atoms with van der Waals surface area (Å²) < 4.78 is 6.93. The molecule has 2 aromatic rings. The fraction of sp³-hybridized carbons (Fsp3) is 0.389. The Balaban J connectivity index is 1.84. The molecule has 138 valence electrons. The van der Waals surface area contributed by atoms with E-state index in [0.29, 0.717) is 29.4 Å². The Bertz CT molecular complexity index is 849. The van der Waals surface area contributed by atoms with Crippen molar-refractivity contribution in [2.75, 3.05) is 19.7 Å². The summed E-state index contributed by atoms with van der Waals surface area (Å²) >= 11 is 6.22. The number of ether oxygens (including phenoxy) is 1. The molecular formula is C18H20ClN3O4. The maximum absolute atomic E-state index is 12.9. The summed E-state index contributed by atoms with van der Waals surface area (Å²) in [5, 5.41) is 14.2. The van der Waals surface area contributed by atoms with Crippen LogP contribution in [-0.4, -0.2) is 57.5 Å². The summed E-state index contributed by atoms with van der Waals surface area (Å²) in [6, 6.07) is 7.49. The van der Waals surface area contributed by atoms with Gasteiger partial charge in [-0.3, -0.25) is 9.48 Å². The third-order valence-corrected chi connectivity index (χ3v) is 4.87. The minimum atomic E-state index is -1.06. The molecule has 1 aliphatic heterocycles. The van der Waals surface area contributed by atoms with Crippen LogP contribution in [0.1, 0.15) is 27.3 Å². The number of amides is 1. The van der Waals surface area contributed by atoms with Gasteiger partial charge in [0.15, 0.2) is 6.10 Å². The number of hydrogen-bond donors (Lipinski definition) is 1. The average molecular weight is 378 g/mol. The second-order valence-electron chi connectivity index (χ2n) is 6.24. The number of carboxylic acid groups (broad SMARTS) is 1. The smallest absolute Gasteiger partial charge is 0.334 e. The second-order valence-corrected chi connectivity index (χ2v) is 6.65. The van der Waals surface area contributed by atoms with Crippen LogP contribution in [-0.2, 0) is 16.1 Å². The van der Waals surface area contributed by atoms with Crippen LogP contribution in [0.15, 0.2) is 24.3 Å². The van der Waals surface area contributed by atoms with E-state index in [2.05, 4.69) is 5.10 Å². The number of hydrogen-bond acceptors (Lipinski definition) is 4. The zero-order chi connectivity index (χ0) is 18.8. The lowest BCUT2D eigenvalue weighted by molar-refractivity contribution is -0.154. The van der Waals surface area contributed by atoms with Gasteiger partial charge in [0, 0.05) is 17.3 Å². The van der Waals surface area contributed by atoms with E-state index in [1.165, 1.54) is 4.90 Å². The van der Waals surface area contributed by atoms with E-state index >= 15 is 0 Å². The third-order valence-electron chi connectivity index (χ3n) is 4.50. The minimum absolute atomic E-state index is 0.0305. The standard InChI is InChI=1S/C18H20ClN3O4/c1-11-16(17(23)21-7-8-26-15(10-21)18(24)25)12(2)22(20-11)9-13-5-3-4-6-14(13)19/h3-6,15H,7-10H2,1-2H3,(H,24,25)/t15-/m1/s1. The first-order valence-electron chi connectivity index (χ1n) is 8.29. The van der Waals surface area contributed by atoms with Crippen LogP contribution in [0.2, 0.25) is 5.02 Å². The summed E-state index contributed by atoms with van der Waals surface area (Å²) in [4.78, 5) is 25.6. The summed E-state index contributed by atoms with van der Waals surface area (Å²) in [6.45, 7) is 4.66. The van der Waals surface area contributed by atoms with Crippen LogP contribution in [0, 0.1) is 13.8 Å². The van der Waals surface area contributed by atoms with Gasteiger partial charge in [-0.25, -0.2) is 4.79 Å². The summed E-state index contributed by atoms with van der Waals surface area (Å²) in [6.07, 6.45) is -0.994. The van der Waals surface area contributed by atoms with Gasteiger partial charge in [-0.1, -0.05) is 29.8 Å². The number of aromatic nitrogens is 2. The van der Waals surface area contributed by atoms with Gasteiger partial charge in [-0.2, -0.15) is 5.10 Å². The van der Waals surface area contributed by atoms with E-state index in [-0.39, 0.29) is 19.1 Å². The molecule has 3 rings (SSSR count). The van der Waals surface area contributed by atoms with Crippen molar-refractivity contribution in [3.8, 4) is 0 Å². The number of carbonyl (C=O) groups is 2. The van der Waals surface area contributed by atoms with E-state index in [1.54, 1.807) is 11.6 Å². The first-order valence-corrected chi connectivity index (χ1v) is 8.67. The molecule has 1 atom stereocenters. The van der Waals surface area contributed by atoms with Gasteiger partial charge < -0.3 is 14.7 Å². The molecule has 1 N–H and O–H groups in total. The molecule has 0 spiro atoms. The molecule has 1 amide bonds. The zero-order valence-corrected chi connectivity index (χ0v) is 15.4. The van der Waals surface area contributed by atoms with Gasteiger partial charge in [0.25, 0.3) is 5.91 Å². The van der Waals surface area contributed by atoms with Crippen molar-refractivity contribution >= 4 is 23.5 Å². The van der Waals surface area contributed by atoms with Crippen LogP contribution in [0.3, 0.4) is 0 Å². The highest BCUT2D eigenvalue weighted by atomic mass is 35.5. The number of nitrogens with zero attached hydrogens (tertiary/aromatic N) is 3. The Morgan fingerprint density at radius 1 is 1.35 bits per heavy atom. The van der Waals surface area contributed by atoms with E-state index in [4.69, 9.17) is 21.4 Å². The molecule has 0 aliphatic carbocycles. The first-order chi connectivity index (χ1) is 12.4. The number of morpholine rings is 1. The van der Waals surface area contributed by atoms with Crippen LogP contribution >= 0.6 is 11.6 Å². The molecule has 1 aliphatic rings. The number of halogens is 1. The van der Waals surface area contributed by atoms with Crippen molar-refractivity contribution in [2.45, 2.75) is 26.5 Å². The molecule has 1 aromatic heterocycles. The Hall–Kier alpha value is -2.38. The number of aryl methyl sites for hydroxylation is 1. The lowest BCUT2D eigenvalue weighted by Gasteiger charge is -2.31. The highest BCUT2D eigenvalue weighted by molar-refractivity contribution is 6.31. The van der Waals surface area contributed by atoms with Gasteiger partial charge in [0.05, 0.1) is 31.0 Å². The van der Waals surface area contributed by atoms with E-state index in [0.717, 1.165) is 11.3 Å². The molecule has 1 saturated heterocycles. The van der Waals surface area contributed by atoms with Gasteiger partial charge in [0.2, 0.25) is 0 Å². The highest BCUT2D eigenvalue weighted by Gasteiger charge is 2.31. The number of benzene rings is 1. The van der Waals surface area contributed by atoms with Crippen LogP contribution < -0.4 is 0 Å². The predicted octanol–water partition coefficient (Wildman–Crippen LogP) is 2.13. The molecule has 2 heterocycles. The van der Waals surface area contributed by atoms with Gasteiger partial charge in [-0.15, -0.1) is 0 Å². The van der Waals surface area contributed by atoms with Gasteiger partial charge >= 0.3 is 5.97 Å². The number of carboxylic acids is 1. The Kier molecular flexibility index (Phi) is 5.29. The summed E-state index contributed by atoms with van der Waals surface area (Å²) in [7, 11) is 0. The molecule has 8 heteroatoms. The Morgan fingerprint density at radius 3 is 2.77 bits per heavy atom. The molecule has 0 radical (unpaired) electrons. The van der Waals surface area contributed by atoms with Crippen LogP contribution in [0.25, 0.3) is 0 Å². The number of aliphatic carboxylic acids is 1. The fourth-order valence-corrected chi connectivity index (χ4v) is 3.29. The van der Waals surface area contributed by atoms with Crippen LogP contribution in [0.4, 0.5) is 0 Å². The Labute approximate surface area is 156 Å². The van der Waals surface area contributed by atoms with Crippen molar-refractivity contribution < 1.29 is 19.4 Å². The van der Waals surface area contributed by atoms with Gasteiger partial charge in [0.1, 0.15) is 0 Å². The van der Waals surface area contributed by atoms with Crippen molar-refractivity contribution in [2.24, 2.45) is 0 Å². The van der Waals surface area contributed by atoms with Crippen molar-refractivity contribution in [3.05, 3.63) is 51.8 Å². The average Bonchev–Trinajstić information content (AvgIpc) is 2.90. The third kappa shape index (κ3) is 3.59. The lowest BCUT2D eigenvalue weighted by atomic mass is 10.1. The van der Waals surface area contributed by atoms with E-state index in [1.807, 2.05) is 31.2 Å². The SMILES string of the molecule is Cc1nn(Cc2ccccc2Cl)c(C)c1C(=O)N1CCO[C@@H](C(=O)O)C1. The molecular weight excluding hydrogens is 358 g/mol. The second kappa shape index (κ2) is 7.47. The molecule has 0 bridgehead atoms. The number of carbonyl (C=O) groups excluding carboxylic acids is 1. The molecule has 7 nitrogen and oxygen atoms in total. The maximum atomic E-state index is 12.9. The van der Waals surface area contributed by atoms with Crippen molar-refractivity contribution in [1.29, 1.82) is 0 Å². The first kappa shape index (κ1) is 18.4. The highest BCUT2D eigenvalue weighted by Crippen LogP contribution is 2.21. The monoisotopic (exact) mass is 377 g/mol. The van der Waals surface area contributed by atoms with E-state index in [9.17, 15) is 9.59 Å². The van der Waals surface area contributed by atoms with Crippen molar-refractivity contribution in [1.82, 2.24) is 14.7 Å². The summed E-state index contributed by atoms with van der Waals surface area (Å²) in [5.41, 5.74) is 2.75. The van der Waals surface area contributed by atoms with E-state index < -0.39 is 12.1 Å². The largest absolute Gasteiger partial charge is 0.479 e.